The molecule has 6 rings (SSSR count). The van der Waals surface area contributed by atoms with E-state index < -0.39 is 148 Å². The van der Waals surface area contributed by atoms with Gasteiger partial charge < -0.3 is 92.6 Å². The molecule has 0 amide bonds. The van der Waals surface area contributed by atoms with Gasteiger partial charge in [-0.25, -0.2) is 9.59 Å². The first kappa shape index (κ1) is 43.0. The highest BCUT2D eigenvalue weighted by Crippen LogP contribution is 2.46. The summed E-state index contributed by atoms with van der Waals surface area (Å²) in [6.45, 7) is 1.98. The number of carbonyl (C=O) groups excluding carboxylic acids is 2. The fraction of sp³-hybridized carbons (Fsp3) is 0.829. The van der Waals surface area contributed by atoms with Gasteiger partial charge in [0.05, 0.1) is 75.1 Å². The average Bonchev–Trinajstić information content (AvgIpc) is 3.19. The number of fused-ring (bicyclic) bond motifs is 2. The third-order valence-electron chi connectivity index (χ3n) is 11.3. The van der Waals surface area contributed by atoms with Crippen LogP contribution >= 0.6 is 0 Å². The summed E-state index contributed by atoms with van der Waals surface area (Å²) < 4.78 is 69.3. The molecule has 0 unspecified atom stereocenters. The van der Waals surface area contributed by atoms with Crippen LogP contribution in [-0.2, 0) is 66.4 Å². The molecule has 318 valence electrons. The van der Waals surface area contributed by atoms with E-state index in [1.54, 1.807) is 13.8 Å². The van der Waals surface area contributed by atoms with Crippen molar-refractivity contribution in [2.75, 3.05) is 34.5 Å². The van der Waals surface area contributed by atoms with Crippen LogP contribution in [0, 0.1) is 23.7 Å². The summed E-state index contributed by atoms with van der Waals surface area (Å²) in [5.74, 6) is -4.11. The van der Waals surface area contributed by atoms with Gasteiger partial charge in [0.1, 0.15) is 48.8 Å². The van der Waals surface area contributed by atoms with E-state index in [2.05, 4.69) is 0 Å². The number of methoxy groups -OCH3 is 3. The molecule has 4 saturated heterocycles. The quantitative estimate of drug-likeness (QED) is 0.102. The average molecular weight is 809 g/mol. The summed E-state index contributed by atoms with van der Waals surface area (Å²) >= 11 is 0. The van der Waals surface area contributed by atoms with Gasteiger partial charge in [0, 0.05) is 31.8 Å². The first-order valence-electron chi connectivity index (χ1n) is 18.4. The molecular weight excluding hydrogens is 756 g/mol. The molecule has 0 bridgehead atoms. The van der Waals surface area contributed by atoms with Crippen molar-refractivity contribution in [1.29, 1.82) is 0 Å². The second kappa shape index (κ2) is 18.1. The molecule has 56 heavy (non-hydrogen) atoms. The summed E-state index contributed by atoms with van der Waals surface area (Å²) in [6.07, 6.45) is -18.9. The third kappa shape index (κ3) is 8.31. The lowest BCUT2D eigenvalue weighted by Crippen LogP contribution is -2.63. The minimum Gasteiger partial charge on any atom is -0.471 e. The first-order chi connectivity index (χ1) is 26.8. The van der Waals surface area contributed by atoms with E-state index >= 15 is 0 Å². The van der Waals surface area contributed by atoms with Gasteiger partial charge in [-0.15, -0.1) is 0 Å². The van der Waals surface area contributed by atoms with E-state index in [4.69, 9.17) is 56.8 Å². The highest BCUT2D eigenvalue weighted by molar-refractivity contribution is 5.89. The number of hydrogen-bond donors (Lipinski definition) is 7. The number of carbonyl (C=O) groups is 2. The summed E-state index contributed by atoms with van der Waals surface area (Å²) in [7, 11) is 3.89. The van der Waals surface area contributed by atoms with Crippen LogP contribution in [0.2, 0.25) is 0 Å². The van der Waals surface area contributed by atoms with Crippen molar-refractivity contribution in [1.82, 2.24) is 0 Å². The fourth-order valence-corrected chi connectivity index (χ4v) is 8.33. The van der Waals surface area contributed by atoms with E-state index in [1.165, 1.54) is 27.6 Å². The van der Waals surface area contributed by atoms with Gasteiger partial charge in [-0.2, -0.15) is 0 Å². The SMILES string of the molecule is COC(=O)C1=CO[C@@H](O[C@@H]2O[C@H](CO)[C@@H](O)[C@H](O)[C@H]2O)[C@@H]2[C@H](C)O[C@@H](O[C@H]3[C@H](O[C@@H]4OC=C(C(=O)OC)[C@H]5C[C@H](OC)O[C@@H](C)[C@@H]45)O[C@H](CO)[C@@H](O)[C@@H]3O)C[C@H]12. The zero-order valence-electron chi connectivity index (χ0n) is 31.4. The van der Waals surface area contributed by atoms with E-state index in [1.807, 2.05) is 0 Å². The van der Waals surface area contributed by atoms with Crippen molar-refractivity contribution in [2.24, 2.45) is 23.7 Å². The molecule has 0 aromatic heterocycles. The molecule has 0 aromatic rings. The lowest BCUT2D eigenvalue weighted by Gasteiger charge is -2.50. The monoisotopic (exact) mass is 808 g/mol. The van der Waals surface area contributed by atoms with E-state index in [0.29, 0.717) is 0 Å². The molecular formula is C35H52O21. The molecule has 21 nitrogen and oxygen atoms in total. The van der Waals surface area contributed by atoms with E-state index in [9.17, 15) is 45.3 Å². The molecule has 6 heterocycles. The molecule has 0 aromatic carbocycles. The highest BCUT2D eigenvalue weighted by Gasteiger charge is 2.56. The molecule has 20 atom stereocenters. The Labute approximate surface area is 321 Å². The van der Waals surface area contributed by atoms with Gasteiger partial charge in [0.15, 0.2) is 25.2 Å². The zero-order chi connectivity index (χ0) is 40.6. The molecule has 4 fully saturated rings. The second-order valence-corrected chi connectivity index (χ2v) is 14.5. The van der Waals surface area contributed by atoms with Crippen LogP contribution in [0.5, 0.6) is 0 Å². The molecule has 6 aliphatic rings. The van der Waals surface area contributed by atoms with Gasteiger partial charge in [0.25, 0.3) is 0 Å². The highest BCUT2D eigenvalue weighted by atomic mass is 16.8. The molecule has 0 aliphatic carbocycles. The summed E-state index contributed by atoms with van der Waals surface area (Å²) in [6, 6.07) is 0. The van der Waals surface area contributed by atoms with Crippen molar-refractivity contribution in [3.63, 3.8) is 0 Å². The largest absolute Gasteiger partial charge is 0.471 e. The van der Waals surface area contributed by atoms with E-state index in [-0.39, 0.29) is 24.0 Å². The van der Waals surface area contributed by atoms with Gasteiger partial charge in [-0.05, 0) is 13.8 Å². The van der Waals surface area contributed by atoms with Crippen molar-refractivity contribution in [2.45, 2.75) is 125 Å². The van der Waals surface area contributed by atoms with Crippen LogP contribution < -0.4 is 0 Å². The Balaban J connectivity index is 1.23. The predicted molar refractivity (Wildman–Crippen MR) is 177 cm³/mol. The minimum absolute atomic E-state index is 0.0685. The second-order valence-electron chi connectivity index (χ2n) is 14.5. The van der Waals surface area contributed by atoms with Crippen LogP contribution in [0.3, 0.4) is 0 Å². The smallest absolute Gasteiger partial charge is 0.337 e. The van der Waals surface area contributed by atoms with Crippen LogP contribution in [0.4, 0.5) is 0 Å². The summed E-state index contributed by atoms with van der Waals surface area (Å²) in [5, 5.41) is 73.1. The number of hydrogen-bond acceptors (Lipinski definition) is 21. The normalized spacial score (nSPS) is 46.5. The van der Waals surface area contributed by atoms with Crippen molar-refractivity contribution in [3.8, 4) is 0 Å². The molecule has 0 spiro atoms. The van der Waals surface area contributed by atoms with Gasteiger partial charge in [-0.1, -0.05) is 0 Å². The Bertz CT molecular complexity index is 1430. The number of rotatable bonds is 11. The lowest BCUT2D eigenvalue weighted by molar-refractivity contribution is -0.383. The zero-order valence-corrected chi connectivity index (χ0v) is 31.4. The number of esters is 2. The molecule has 7 N–H and O–H groups in total. The number of aliphatic hydroxyl groups is 7. The Morgan fingerprint density at radius 2 is 1.07 bits per heavy atom. The van der Waals surface area contributed by atoms with Gasteiger partial charge in [-0.3, -0.25) is 0 Å². The molecule has 0 saturated carbocycles. The van der Waals surface area contributed by atoms with E-state index in [0.717, 1.165) is 6.26 Å². The Hall–Kier alpha value is -2.58. The van der Waals surface area contributed by atoms with Gasteiger partial charge >= 0.3 is 11.9 Å². The number of aliphatic hydroxyl groups excluding tert-OH is 7. The standard InChI is InChI=1S/C35H52O21/c1-12-22-14(6-20(45-3)50-12)16(30(43)46-4)10-49-33(22)56-35-29(27(41)25(39)19(9-37)53-35)54-21-7-15-17(31(44)47-5)11-48-32(23(15)13(2)51-21)55-34-28(42)26(40)24(38)18(8-36)52-34/h10-15,18-29,32-42H,6-9H2,1-5H3/t12-,13-,14+,15+,18+,19+,20+,21-,22+,23+,24+,25+,26-,27-,28+,29+,32-,33-,34-,35-/m0/s1. The molecule has 21 heteroatoms. The Morgan fingerprint density at radius 1 is 0.607 bits per heavy atom. The van der Waals surface area contributed by atoms with Crippen LogP contribution in [0.15, 0.2) is 23.7 Å². The van der Waals surface area contributed by atoms with Crippen molar-refractivity contribution >= 4 is 11.9 Å². The third-order valence-corrected chi connectivity index (χ3v) is 11.3. The van der Waals surface area contributed by atoms with Crippen molar-refractivity contribution in [3.05, 3.63) is 23.7 Å². The predicted octanol–water partition coefficient (Wildman–Crippen LogP) is -3.15. The Morgan fingerprint density at radius 3 is 1.57 bits per heavy atom. The maximum absolute atomic E-state index is 13.0. The van der Waals surface area contributed by atoms with Crippen LogP contribution in [-0.4, -0.2) is 181 Å². The number of ether oxygens (including phenoxy) is 12. The Kier molecular flexibility index (Phi) is 13.9. The lowest BCUT2D eigenvalue weighted by atomic mass is 9.76. The first-order valence-corrected chi connectivity index (χ1v) is 18.4. The maximum Gasteiger partial charge on any atom is 0.337 e. The summed E-state index contributed by atoms with van der Waals surface area (Å²) in [4.78, 5) is 25.7. The topological polar surface area (TPSA) is 287 Å². The van der Waals surface area contributed by atoms with Crippen molar-refractivity contribution < 1.29 is 102 Å². The van der Waals surface area contributed by atoms with Crippen LogP contribution in [0.25, 0.3) is 0 Å². The van der Waals surface area contributed by atoms with Gasteiger partial charge in [0.2, 0.25) is 12.6 Å². The minimum atomic E-state index is -1.74. The summed E-state index contributed by atoms with van der Waals surface area (Å²) in [5.41, 5.74) is 0.300. The fourth-order valence-electron chi connectivity index (χ4n) is 8.33. The maximum atomic E-state index is 13.0. The molecule has 6 aliphatic heterocycles. The molecule has 0 radical (unpaired) electrons. The van der Waals surface area contributed by atoms with Crippen LogP contribution in [0.1, 0.15) is 26.7 Å².